The second kappa shape index (κ2) is 4.00. The number of likely N-dealkylation sites (tertiary alicyclic amines) is 1. The maximum Gasteiger partial charge on any atom is 0.241 e. The summed E-state index contributed by atoms with van der Waals surface area (Å²) in [5.74, 6) is -0.0222. The smallest absolute Gasteiger partial charge is 0.241 e. The summed E-state index contributed by atoms with van der Waals surface area (Å²) in [6, 6.07) is 0. The highest BCUT2D eigenvalue weighted by Gasteiger charge is 2.28. The van der Waals surface area contributed by atoms with Gasteiger partial charge in [-0.1, -0.05) is 0 Å². The summed E-state index contributed by atoms with van der Waals surface area (Å²) in [5, 5.41) is 0.0856. The largest absolute Gasteiger partial charge is 0.347 e. The normalized spacial score (nSPS) is 22.2. The second-order valence-electron chi connectivity index (χ2n) is 3.42. The minimum Gasteiger partial charge on any atom is -0.347 e. The molecule has 74 valence electrons. The van der Waals surface area contributed by atoms with Crippen LogP contribution in [0.1, 0.15) is 6.42 Å². The second-order valence-corrected chi connectivity index (χ2v) is 4.15. The van der Waals surface area contributed by atoms with Crippen LogP contribution in [-0.4, -0.2) is 54.0 Å². The average Bonchev–Trinajstić information content (AvgIpc) is 2.30. The Labute approximate surface area is 83.3 Å². The van der Waals surface area contributed by atoms with Crippen molar-refractivity contribution in [3.63, 3.8) is 0 Å². The van der Waals surface area contributed by atoms with Crippen molar-refractivity contribution in [2.45, 2.75) is 11.7 Å². The minimum absolute atomic E-state index is 0.0233. The van der Waals surface area contributed by atoms with Gasteiger partial charge in [0, 0.05) is 32.3 Å². The molecule has 0 radical (unpaired) electrons. The lowest BCUT2D eigenvalue weighted by atomic mass is 10.4. The van der Waals surface area contributed by atoms with Crippen LogP contribution < -0.4 is 0 Å². The van der Waals surface area contributed by atoms with Crippen LogP contribution in [0.4, 0.5) is 0 Å². The van der Waals surface area contributed by atoms with Crippen LogP contribution in [0.15, 0.2) is 0 Å². The predicted molar refractivity (Wildman–Crippen MR) is 52.7 cm³/mol. The van der Waals surface area contributed by atoms with E-state index in [4.69, 9.17) is 0 Å². The van der Waals surface area contributed by atoms with Crippen molar-refractivity contribution in [2.75, 3.05) is 27.2 Å². The van der Waals surface area contributed by atoms with E-state index in [1.165, 1.54) is 4.90 Å². The number of carbonyl (C=O) groups is 2. The van der Waals surface area contributed by atoms with Gasteiger partial charge < -0.3 is 9.80 Å². The van der Waals surface area contributed by atoms with Gasteiger partial charge in [-0.3, -0.25) is 9.59 Å². The molecule has 1 fully saturated rings. The molecule has 0 aromatic rings. The highest BCUT2D eigenvalue weighted by atomic mass is 32.1. The number of likely N-dealkylation sites (N-methyl/N-ethyl adjacent to an activating group) is 1. The molecule has 1 aliphatic rings. The van der Waals surface area contributed by atoms with Gasteiger partial charge in [0.2, 0.25) is 11.8 Å². The van der Waals surface area contributed by atoms with Crippen molar-refractivity contribution < 1.29 is 9.59 Å². The zero-order chi connectivity index (χ0) is 10.0. The molecule has 1 aliphatic heterocycles. The summed E-state index contributed by atoms with van der Waals surface area (Å²) in [4.78, 5) is 25.5. The zero-order valence-corrected chi connectivity index (χ0v) is 8.75. The van der Waals surface area contributed by atoms with Gasteiger partial charge in [0.15, 0.2) is 0 Å². The molecule has 2 amide bonds. The summed E-state index contributed by atoms with van der Waals surface area (Å²) in [6.07, 6.45) is 0.448. The number of amides is 2. The van der Waals surface area contributed by atoms with E-state index in [1.807, 2.05) is 0 Å². The first-order chi connectivity index (χ1) is 6.00. The Morgan fingerprint density at radius 1 is 1.69 bits per heavy atom. The molecule has 1 atom stereocenters. The van der Waals surface area contributed by atoms with Gasteiger partial charge in [0.05, 0.1) is 6.54 Å². The van der Waals surface area contributed by atoms with Crippen LogP contribution in [0.25, 0.3) is 0 Å². The topological polar surface area (TPSA) is 40.6 Å². The van der Waals surface area contributed by atoms with Gasteiger partial charge in [-0.15, -0.1) is 0 Å². The molecule has 1 unspecified atom stereocenters. The summed E-state index contributed by atoms with van der Waals surface area (Å²) in [7, 11) is 3.36. The van der Waals surface area contributed by atoms with Gasteiger partial charge in [-0.2, -0.15) is 12.6 Å². The number of rotatable bonds is 2. The van der Waals surface area contributed by atoms with Crippen LogP contribution in [0.2, 0.25) is 0 Å². The minimum atomic E-state index is -0.0456. The Morgan fingerprint density at radius 3 is 2.69 bits per heavy atom. The molecule has 5 heteroatoms. The molecule has 4 nitrogen and oxygen atoms in total. The first-order valence-electron chi connectivity index (χ1n) is 4.16. The standard InChI is InChI=1S/C8H14N2O2S/c1-9(2)8(12)5-10-4-6(13)3-7(10)11/h6,13H,3-5H2,1-2H3. The molecule has 0 aromatic heterocycles. The van der Waals surface area contributed by atoms with Gasteiger partial charge in [0.1, 0.15) is 0 Å². The molecular weight excluding hydrogens is 188 g/mol. The van der Waals surface area contributed by atoms with Crippen molar-refractivity contribution in [3.05, 3.63) is 0 Å². The van der Waals surface area contributed by atoms with Crippen molar-refractivity contribution in [1.29, 1.82) is 0 Å². The Kier molecular flexibility index (Phi) is 3.19. The van der Waals surface area contributed by atoms with E-state index in [0.717, 1.165) is 0 Å². The Hall–Kier alpha value is -0.710. The lowest BCUT2D eigenvalue weighted by Gasteiger charge is -2.18. The van der Waals surface area contributed by atoms with Gasteiger partial charge in [-0.25, -0.2) is 0 Å². The summed E-state index contributed by atoms with van der Waals surface area (Å²) >= 11 is 4.20. The fourth-order valence-corrected chi connectivity index (χ4v) is 1.56. The fraction of sp³-hybridized carbons (Fsp3) is 0.750. The Balaban J connectivity index is 2.46. The Bertz CT molecular complexity index is 230. The van der Waals surface area contributed by atoms with Crippen LogP contribution in [0.3, 0.4) is 0 Å². The third-order valence-electron chi connectivity index (χ3n) is 2.02. The molecule has 0 aromatic carbocycles. The maximum atomic E-state index is 11.3. The third kappa shape index (κ3) is 2.62. The molecule has 1 saturated heterocycles. The first kappa shape index (κ1) is 10.4. The molecule has 1 heterocycles. The SMILES string of the molecule is CN(C)C(=O)CN1CC(S)CC1=O. The molecule has 1 rings (SSSR count). The average molecular weight is 202 g/mol. The first-order valence-corrected chi connectivity index (χ1v) is 4.68. The van der Waals surface area contributed by atoms with E-state index < -0.39 is 0 Å². The predicted octanol–water partition coefficient (Wildman–Crippen LogP) is -0.395. The summed E-state index contributed by atoms with van der Waals surface area (Å²) < 4.78 is 0. The highest BCUT2D eigenvalue weighted by molar-refractivity contribution is 7.81. The van der Waals surface area contributed by atoms with Crippen LogP contribution in [0, 0.1) is 0 Å². The fourth-order valence-electron chi connectivity index (χ4n) is 1.21. The lowest BCUT2D eigenvalue weighted by Crippen LogP contribution is -2.37. The third-order valence-corrected chi connectivity index (χ3v) is 2.36. The monoisotopic (exact) mass is 202 g/mol. The molecule has 0 bridgehead atoms. The van der Waals surface area contributed by atoms with Crippen molar-refractivity contribution in [2.24, 2.45) is 0 Å². The molecule has 0 N–H and O–H groups in total. The van der Waals surface area contributed by atoms with E-state index in [9.17, 15) is 9.59 Å². The molecule has 0 saturated carbocycles. The molecular formula is C8H14N2O2S. The number of carbonyl (C=O) groups excluding carboxylic acids is 2. The van der Waals surface area contributed by atoms with Crippen LogP contribution in [-0.2, 0) is 9.59 Å². The van der Waals surface area contributed by atoms with Gasteiger partial charge >= 0.3 is 0 Å². The number of hydrogen-bond acceptors (Lipinski definition) is 3. The van der Waals surface area contributed by atoms with Gasteiger partial charge in [0.25, 0.3) is 0 Å². The van der Waals surface area contributed by atoms with E-state index in [-0.39, 0.29) is 23.6 Å². The molecule has 0 spiro atoms. The van der Waals surface area contributed by atoms with Crippen LogP contribution >= 0.6 is 12.6 Å². The summed E-state index contributed by atoms with van der Waals surface area (Å²) in [5.41, 5.74) is 0. The number of thiol groups is 1. The molecule has 13 heavy (non-hydrogen) atoms. The van der Waals surface area contributed by atoms with Gasteiger partial charge in [-0.05, 0) is 0 Å². The number of nitrogens with zero attached hydrogens (tertiary/aromatic N) is 2. The molecule has 0 aliphatic carbocycles. The van der Waals surface area contributed by atoms with Crippen molar-refractivity contribution >= 4 is 24.4 Å². The maximum absolute atomic E-state index is 11.3. The Morgan fingerprint density at radius 2 is 2.31 bits per heavy atom. The van der Waals surface area contributed by atoms with E-state index >= 15 is 0 Å². The van der Waals surface area contributed by atoms with Crippen LogP contribution in [0.5, 0.6) is 0 Å². The lowest BCUT2D eigenvalue weighted by molar-refractivity contribution is -0.136. The van der Waals surface area contributed by atoms with Crippen molar-refractivity contribution in [3.8, 4) is 0 Å². The zero-order valence-electron chi connectivity index (χ0n) is 7.86. The quantitative estimate of drug-likeness (QED) is 0.619. The van der Waals surface area contributed by atoms with E-state index in [1.54, 1.807) is 19.0 Å². The van der Waals surface area contributed by atoms with E-state index in [0.29, 0.717) is 13.0 Å². The highest BCUT2D eigenvalue weighted by Crippen LogP contribution is 2.15. The number of hydrogen-bond donors (Lipinski definition) is 1. The van der Waals surface area contributed by atoms with Crippen molar-refractivity contribution in [1.82, 2.24) is 9.80 Å². The van der Waals surface area contributed by atoms with E-state index in [2.05, 4.69) is 12.6 Å². The summed E-state index contributed by atoms with van der Waals surface area (Å²) in [6.45, 7) is 0.768.